The quantitative estimate of drug-likeness (QED) is 0.591. The highest BCUT2D eigenvalue weighted by Gasteiger charge is 2.10. The van der Waals surface area contributed by atoms with E-state index in [1.165, 1.54) is 0 Å². The monoisotopic (exact) mass is 398 g/mol. The molecule has 0 saturated carbocycles. The molecule has 0 unspecified atom stereocenters. The number of benzene rings is 2. The smallest absolute Gasteiger partial charge is 0.344 e. The Hall–Kier alpha value is -2.73. The average molecular weight is 399 g/mol. The molecule has 0 saturated heterocycles. The van der Waals surface area contributed by atoms with Crippen molar-refractivity contribution in [1.29, 1.82) is 0 Å². The molecular formula is C19H15BrN2O3. The van der Waals surface area contributed by atoms with Crippen LogP contribution in [-0.2, 0) is 0 Å². The number of carbonyl (C=O) groups excluding carboxylic acids is 1. The number of esters is 1. The second kappa shape index (κ2) is 7.90. The summed E-state index contributed by atoms with van der Waals surface area (Å²) < 4.78 is 11.5. The third kappa shape index (κ3) is 4.42. The van der Waals surface area contributed by atoms with Gasteiger partial charge in [0, 0.05) is 16.1 Å². The summed E-state index contributed by atoms with van der Waals surface area (Å²) in [4.78, 5) is 12.1. The lowest BCUT2D eigenvalue weighted by Crippen LogP contribution is -2.09. The van der Waals surface area contributed by atoms with Gasteiger partial charge < -0.3 is 9.47 Å². The van der Waals surface area contributed by atoms with Gasteiger partial charge in [-0.15, -0.1) is 10.2 Å². The summed E-state index contributed by atoms with van der Waals surface area (Å²) >= 11 is 3.32. The molecule has 0 radical (unpaired) electrons. The van der Waals surface area contributed by atoms with Crippen LogP contribution in [0.25, 0.3) is 11.3 Å². The normalized spacial score (nSPS) is 10.3. The van der Waals surface area contributed by atoms with Crippen LogP contribution in [-0.4, -0.2) is 22.8 Å². The predicted octanol–water partition coefficient (Wildman–Crippen LogP) is 4.52. The highest BCUT2D eigenvalue weighted by molar-refractivity contribution is 9.10. The molecule has 25 heavy (non-hydrogen) atoms. The molecule has 0 aliphatic carbocycles. The van der Waals surface area contributed by atoms with Crippen molar-refractivity contribution >= 4 is 21.9 Å². The predicted molar refractivity (Wildman–Crippen MR) is 97.7 cm³/mol. The Bertz CT molecular complexity index is 865. The van der Waals surface area contributed by atoms with Crippen LogP contribution in [0.1, 0.15) is 17.3 Å². The standard InChI is InChI=1S/C19H15BrN2O3/c1-2-24-16-8-6-13(7-9-16)17-10-11-18(22-21-17)25-19(23)14-4-3-5-15(20)12-14/h3-12H,2H2,1H3. The molecule has 0 spiro atoms. The van der Waals surface area contributed by atoms with Gasteiger partial charge in [-0.2, -0.15) is 0 Å². The lowest BCUT2D eigenvalue weighted by molar-refractivity contribution is 0.0726. The molecule has 0 amide bonds. The van der Waals surface area contributed by atoms with E-state index >= 15 is 0 Å². The Balaban J connectivity index is 1.70. The highest BCUT2D eigenvalue weighted by Crippen LogP contribution is 2.21. The fourth-order valence-corrected chi connectivity index (χ4v) is 2.59. The van der Waals surface area contributed by atoms with Gasteiger partial charge in [0.1, 0.15) is 5.75 Å². The van der Waals surface area contributed by atoms with Gasteiger partial charge in [-0.3, -0.25) is 0 Å². The Kier molecular flexibility index (Phi) is 5.40. The van der Waals surface area contributed by atoms with Crippen molar-refractivity contribution in [3.63, 3.8) is 0 Å². The molecule has 6 heteroatoms. The zero-order valence-corrected chi connectivity index (χ0v) is 15.1. The van der Waals surface area contributed by atoms with E-state index in [0.29, 0.717) is 17.9 Å². The van der Waals surface area contributed by atoms with Crippen molar-refractivity contribution < 1.29 is 14.3 Å². The minimum Gasteiger partial charge on any atom is -0.494 e. The second-order valence-electron chi connectivity index (χ2n) is 5.11. The van der Waals surface area contributed by atoms with E-state index < -0.39 is 5.97 Å². The Morgan fingerprint density at radius 1 is 1.04 bits per heavy atom. The third-order valence-electron chi connectivity index (χ3n) is 3.36. The number of hydrogen-bond donors (Lipinski definition) is 0. The van der Waals surface area contributed by atoms with Crippen LogP contribution < -0.4 is 9.47 Å². The summed E-state index contributed by atoms with van der Waals surface area (Å²) in [6.45, 7) is 2.56. The number of rotatable bonds is 5. The van der Waals surface area contributed by atoms with Crippen LogP contribution in [0.15, 0.2) is 65.1 Å². The summed E-state index contributed by atoms with van der Waals surface area (Å²) in [6, 6.07) is 17.9. The van der Waals surface area contributed by atoms with Crippen molar-refractivity contribution in [3.8, 4) is 22.9 Å². The lowest BCUT2D eigenvalue weighted by atomic mass is 10.1. The molecule has 0 aliphatic heterocycles. The van der Waals surface area contributed by atoms with Gasteiger partial charge in [-0.1, -0.05) is 22.0 Å². The second-order valence-corrected chi connectivity index (χ2v) is 6.03. The zero-order chi connectivity index (χ0) is 17.6. The first kappa shape index (κ1) is 17.1. The number of ether oxygens (including phenoxy) is 2. The molecule has 1 aromatic heterocycles. The van der Waals surface area contributed by atoms with Gasteiger partial charge in [-0.05, 0) is 55.5 Å². The fourth-order valence-electron chi connectivity index (χ4n) is 2.19. The summed E-state index contributed by atoms with van der Waals surface area (Å²) in [6.07, 6.45) is 0. The highest BCUT2D eigenvalue weighted by atomic mass is 79.9. The van der Waals surface area contributed by atoms with Crippen LogP contribution in [0.2, 0.25) is 0 Å². The molecule has 3 rings (SSSR count). The Morgan fingerprint density at radius 2 is 1.84 bits per heavy atom. The molecule has 0 bridgehead atoms. The average Bonchev–Trinajstić information content (AvgIpc) is 2.63. The van der Waals surface area contributed by atoms with E-state index in [1.54, 1.807) is 30.3 Å². The van der Waals surface area contributed by atoms with E-state index in [2.05, 4.69) is 26.1 Å². The van der Waals surface area contributed by atoms with Crippen molar-refractivity contribution in [3.05, 3.63) is 70.7 Å². The molecule has 0 fully saturated rings. The van der Waals surface area contributed by atoms with E-state index in [9.17, 15) is 4.79 Å². The molecule has 0 aliphatic rings. The van der Waals surface area contributed by atoms with Crippen LogP contribution in [0, 0.1) is 0 Å². The van der Waals surface area contributed by atoms with E-state index in [4.69, 9.17) is 9.47 Å². The molecule has 5 nitrogen and oxygen atoms in total. The molecule has 0 atom stereocenters. The van der Waals surface area contributed by atoms with Gasteiger partial charge >= 0.3 is 5.97 Å². The third-order valence-corrected chi connectivity index (χ3v) is 3.85. The lowest BCUT2D eigenvalue weighted by Gasteiger charge is -2.06. The van der Waals surface area contributed by atoms with Gasteiger partial charge in [0.2, 0.25) is 5.88 Å². The summed E-state index contributed by atoms with van der Waals surface area (Å²) in [5.41, 5.74) is 2.03. The summed E-state index contributed by atoms with van der Waals surface area (Å²) in [5, 5.41) is 8.08. The maximum absolute atomic E-state index is 12.1. The minimum atomic E-state index is -0.482. The number of aromatic nitrogens is 2. The molecule has 1 heterocycles. The van der Waals surface area contributed by atoms with Crippen molar-refractivity contribution in [2.75, 3.05) is 6.61 Å². The van der Waals surface area contributed by atoms with Gasteiger partial charge in [0.05, 0.1) is 17.9 Å². The first-order chi connectivity index (χ1) is 12.2. The van der Waals surface area contributed by atoms with E-state index in [-0.39, 0.29) is 5.88 Å². The molecular weight excluding hydrogens is 384 g/mol. The van der Waals surface area contributed by atoms with Crippen molar-refractivity contribution in [2.24, 2.45) is 0 Å². The van der Waals surface area contributed by atoms with Crippen LogP contribution >= 0.6 is 15.9 Å². The minimum absolute atomic E-state index is 0.152. The Labute approximate surface area is 153 Å². The molecule has 2 aromatic carbocycles. The Morgan fingerprint density at radius 3 is 2.48 bits per heavy atom. The maximum Gasteiger partial charge on any atom is 0.344 e. The first-order valence-corrected chi connectivity index (χ1v) is 8.49. The molecule has 0 N–H and O–H groups in total. The number of nitrogens with zero attached hydrogens (tertiary/aromatic N) is 2. The fraction of sp³-hybridized carbons (Fsp3) is 0.105. The van der Waals surface area contributed by atoms with Crippen LogP contribution in [0.5, 0.6) is 11.6 Å². The molecule has 126 valence electrons. The zero-order valence-electron chi connectivity index (χ0n) is 13.5. The van der Waals surface area contributed by atoms with Crippen molar-refractivity contribution in [1.82, 2.24) is 10.2 Å². The van der Waals surface area contributed by atoms with Gasteiger partial charge in [0.15, 0.2) is 0 Å². The number of carbonyl (C=O) groups is 1. The van der Waals surface area contributed by atoms with Crippen LogP contribution in [0.4, 0.5) is 0 Å². The number of hydrogen-bond acceptors (Lipinski definition) is 5. The van der Waals surface area contributed by atoms with Gasteiger partial charge in [-0.25, -0.2) is 4.79 Å². The van der Waals surface area contributed by atoms with E-state index in [1.807, 2.05) is 37.3 Å². The largest absolute Gasteiger partial charge is 0.494 e. The maximum atomic E-state index is 12.1. The number of halogens is 1. The van der Waals surface area contributed by atoms with Gasteiger partial charge in [0.25, 0.3) is 0 Å². The van der Waals surface area contributed by atoms with E-state index in [0.717, 1.165) is 15.8 Å². The first-order valence-electron chi connectivity index (χ1n) is 7.70. The summed E-state index contributed by atoms with van der Waals surface area (Å²) in [5.74, 6) is 0.475. The summed E-state index contributed by atoms with van der Waals surface area (Å²) in [7, 11) is 0. The van der Waals surface area contributed by atoms with Crippen LogP contribution in [0.3, 0.4) is 0 Å². The molecule has 3 aromatic rings. The topological polar surface area (TPSA) is 61.3 Å². The van der Waals surface area contributed by atoms with Crippen molar-refractivity contribution in [2.45, 2.75) is 6.92 Å². The SMILES string of the molecule is CCOc1ccc(-c2ccc(OC(=O)c3cccc(Br)c3)nn2)cc1.